The summed E-state index contributed by atoms with van der Waals surface area (Å²) in [6, 6.07) is 11.2. The summed E-state index contributed by atoms with van der Waals surface area (Å²) in [5, 5.41) is 14.3. The van der Waals surface area contributed by atoms with Crippen molar-refractivity contribution in [2.45, 2.75) is 6.10 Å². The van der Waals surface area contributed by atoms with Crippen LogP contribution >= 0.6 is 38.9 Å². The average molecular weight is 384 g/mol. The molecular formula is C16H12BrClO2S. The van der Waals surface area contributed by atoms with Gasteiger partial charge >= 0.3 is 0 Å². The summed E-state index contributed by atoms with van der Waals surface area (Å²) in [6.07, 6.45) is -0.776. The van der Waals surface area contributed by atoms with E-state index in [1.165, 1.54) is 0 Å². The Morgan fingerprint density at radius 1 is 1.24 bits per heavy atom. The molecule has 108 valence electrons. The number of ether oxygens (including phenoxy) is 1. The van der Waals surface area contributed by atoms with Crippen LogP contribution in [-0.4, -0.2) is 12.2 Å². The Morgan fingerprint density at radius 3 is 2.81 bits per heavy atom. The summed E-state index contributed by atoms with van der Waals surface area (Å²) in [7, 11) is 1.59. The number of thiophene rings is 1. The number of hydrogen-bond donors (Lipinski definition) is 1. The molecule has 1 aromatic heterocycles. The van der Waals surface area contributed by atoms with Crippen LogP contribution in [0.5, 0.6) is 5.75 Å². The van der Waals surface area contributed by atoms with Gasteiger partial charge in [0.05, 0.1) is 7.11 Å². The van der Waals surface area contributed by atoms with E-state index < -0.39 is 6.10 Å². The van der Waals surface area contributed by atoms with Gasteiger partial charge in [0.1, 0.15) is 11.9 Å². The normalized spacial score (nSPS) is 12.6. The maximum atomic E-state index is 10.8. The minimum absolute atomic E-state index is 0.575. The summed E-state index contributed by atoms with van der Waals surface area (Å²) in [6.45, 7) is 0. The Kier molecular flexibility index (Phi) is 4.22. The van der Waals surface area contributed by atoms with Crippen LogP contribution in [0.3, 0.4) is 0 Å². The first-order chi connectivity index (χ1) is 10.1. The smallest absolute Gasteiger partial charge is 0.125 e. The van der Waals surface area contributed by atoms with E-state index in [4.69, 9.17) is 16.3 Å². The average Bonchev–Trinajstić information content (AvgIpc) is 2.92. The Balaban J connectivity index is 2.15. The fourth-order valence-corrected chi connectivity index (χ4v) is 4.16. The fourth-order valence-electron chi connectivity index (χ4n) is 2.34. The van der Waals surface area contributed by atoms with E-state index in [0.717, 1.165) is 20.1 Å². The summed E-state index contributed by atoms with van der Waals surface area (Å²) < 4.78 is 7.48. The molecular weight excluding hydrogens is 372 g/mol. The number of aliphatic hydroxyl groups excluding tert-OH is 1. The Morgan fingerprint density at radius 2 is 2.05 bits per heavy atom. The van der Waals surface area contributed by atoms with Crippen molar-refractivity contribution in [1.82, 2.24) is 0 Å². The van der Waals surface area contributed by atoms with Crippen molar-refractivity contribution in [3.05, 3.63) is 62.4 Å². The third-order valence-electron chi connectivity index (χ3n) is 3.36. The Hall–Kier alpha value is -1.07. The Bertz CT molecular complexity index is 800. The molecule has 0 amide bonds. The molecule has 1 atom stereocenters. The summed E-state index contributed by atoms with van der Waals surface area (Å²) in [4.78, 5) is 0. The number of methoxy groups -OCH3 is 1. The van der Waals surface area contributed by atoms with E-state index in [2.05, 4.69) is 15.9 Å². The molecule has 0 aliphatic rings. The molecule has 21 heavy (non-hydrogen) atoms. The highest BCUT2D eigenvalue weighted by Crippen LogP contribution is 2.39. The van der Waals surface area contributed by atoms with Crippen LogP contribution < -0.4 is 4.74 Å². The number of halogens is 2. The second-order valence-electron chi connectivity index (χ2n) is 4.60. The molecule has 0 aliphatic carbocycles. The first-order valence-corrected chi connectivity index (χ1v) is 8.34. The van der Waals surface area contributed by atoms with Crippen molar-refractivity contribution < 1.29 is 9.84 Å². The van der Waals surface area contributed by atoms with Gasteiger partial charge in [-0.1, -0.05) is 23.7 Å². The van der Waals surface area contributed by atoms with Crippen LogP contribution in [0.15, 0.2) is 46.3 Å². The zero-order chi connectivity index (χ0) is 15.0. The van der Waals surface area contributed by atoms with Gasteiger partial charge in [-0.15, -0.1) is 11.3 Å². The first-order valence-electron chi connectivity index (χ1n) is 6.29. The van der Waals surface area contributed by atoms with Crippen LogP contribution in [0.4, 0.5) is 0 Å². The third kappa shape index (κ3) is 2.69. The number of rotatable bonds is 3. The minimum atomic E-state index is -0.776. The zero-order valence-electron chi connectivity index (χ0n) is 11.1. The molecule has 0 bridgehead atoms. The van der Waals surface area contributed by atoms with Crippen molar-refractivity contribution in [3.8, 4) is 5.75 Å². The van der Waals surface area contributed by atoms with E-state index in [9.17, 15) is 5.11 Å². The molecule has 0 fully saturated rings. The predicted octanol–water partition coefficient (Wildman–Crippen LogP) is 5.41. The van der Waals surface area contributed by atoms with E-state index in [1.807, 2.05) is 23.6 Å². The van der Waals surface area contributed by atoms with Crippen molar-refractivity contribution in [3.63, 3.8) is 0 Å². The van der Waals surface area contributed by atoms with Gasteiger partial charge < -0.3 is 9.84 Å². The van der Waals surface area contributed by atoms with E-state index in [0.29, 0.717) is 16.3 Å². The lowest BCUT2D eigenvalue weighted by atomic mass is 10.00. The fraction of sp³-hybridized carbons (Fsp3) is 0.125. The lowest BCUT2D eigenvalue weighted by Gasteiger charge is -2.15. The topological polar surface area (TPSA) is 29.5 Å². The molecule has 2 aromatic carbocycles. The molecule has 0 spiro atoms. The lowest BCUT2D eigenvalue weighted by molar-refractivity contribution is 0.216. The number of hydrogen-bond acceptors (Lipinski definition) is 3. The first kappa shape index (κ1) is 14.9. The molecule has 0 aliphatic heterocycles. The molecule has 1 heterocycles. The largest absolute Gasteiger partial charge is 0.496 e. The summed E-state index contributed by atoms with van der Waals surface area (Å²) in [5.74, 6) is 0.626. The van der Waals surface area contributed by atoms with Gasteiger partial charge in [-0.05, 0) is 51.0 Å². The number of benzene rings is 2. The van der Waals surface area contributed by atoms with Gasteiger partial charge in [-0.25, -0.2) is 0 Å². The molecule has 3 rings (SSSR count). The summed E-state index contributed by atoms with van der Waals surface area (Å²) >= 11 is 11.2. The lowest BCUT2D eigenvalue weighted by Crippen LogP contribution is -2.01. The van der Waals surface area contributed by atoms with Gasteiger partial charge in [-0.3, -0.25) is 0 Å². The molecule has 1 N–H and O–H groups in total. The zero-order valence-corrected chi connectivity index (χ0v) is 14.3. The number of aliphatic hydroxyl groups is 1. The molecule has 0 radical (unpaired) electrons. The van der Waals surface area contributed by atoms with Crippen molar-refractivity contribution in [1.29, 1.82) is 0 Å². The standard InChI is InChI=1S/C16H12BrClO2S/c1-20-14-6-5-9(18)7-11(14)15(19)12-8-21-16-10(12)3-2-4-13(16)17/h2-8,15,19H,1H3. The van der Waals surface area contributed by atoms with Gasteiger partial charge in [0.2, 0.25) is 0 Å². The van der Waals surface area contributed by atoms with Crippen molar-refractivity contribution >= 4 is 49.0 Å². The summed E-state index contributed by atoms with van der Waals surface area (Å²) in [5.41, 5.74) is 1.53. The van der Waals surface area contributed by atoms with Gasteiger partial charge in [0, 0.05) is 25.3 Å². The highest BCUT2D eigenvalue weighted by molar-refractivity contribution is 9.10. The SMILES string of the molecule is COc1ccc(Cl)cc1C(O)c1csc2c(Br)cccc12. The van der Waals surface area contributed by atoms with Gasteiger partial charge in [0.15, 0.2) is 0 Å². The van der Waals surface area contributed by atoms with Gasteiger partial charge in [-0.2, -0.15) is 0 Å². The monoisotopic (exact) mass is 382 g/mol. The second-order valence-corrected chi connectivity index (χ2v) is 6.77. The molecule has 0 saturated heterocycles. The van der Waals surface area contributed by atoms with E-state index in [1.54, 1.807) is 36.6 Å². The predicted molar refractivity (Wildman–Crippen MR) is 91.6 cm³/mol. The minimum Gasteiger partial charge on any atom is -0.496 e. The van der Waals surface area contributed by atoms with Crippen LogP contribution in [0.25, 0.3) is 10.1 Å². The van der Waals surface area contributed by atoms with Crippen LogP contribution in [0, 0.1) is 0 Å². The molecule has 2 nitrogen and oxygen atoms in total. The van der Waals surface area contributed by atoms with Crippen molar-refractivity contribution in [2.75, 3.05) is 7.11 Å². The third-order valence-corrected chi connectivity index (χ3v) is 5.57. The van der Waals surface area contributed by atoms with Crippen molar-refractivity contribution in [2.24, 2.45) is 0 Å². The van der Waals surface area contributed by atoms with Crippen LogP contribution in [-0.2, 0) is 0 Å². The van der Waals surface area contributed by atoms with Crippen LogP contribution in [0.1, 0.15) is 17.2 Å². The maximum Gasteiger partial charge on any atom is 0.125 e. The quantitative estimate of drug-likeness (QED) is 0.655. The maximum absolute atomic E-state index is 10.8. The Labute approximate surface area is 140 Å². The van der Waals surface area contributed by atoms with E-state index >= 15 is 0 Å². The molecule has 1 unspecified atom stereocenters. The van der Waals surface area contributed by atoms with Crippen LogP contribution in [0.2, 0.25) is 5.02 Å². The van der Waals surface area contributed by atoms with Gasteiger partial charge in [0.25, 0.3) is 0 Å². The second kappa shape index (κ2) is 5.97. The molecule has 0 saturated carbocycles. The highest BCUT2D eigenvalue weighted by Gasteiger charge is 2.20. The number of fused-ring (bicyclic) bond motifs is 1. The van der Waals surface area contributed by atoms with E-state index in [-0.39, 0.29) is 0 Å². The molecule has 3 aromatic rings. The molecule has 5 heteroatoms. The highest BCUT2D eigenvalue weighted by atomic mass is 79.9.